The highest BCUT2D eigenvalue weighted by molar-refractivity contribution is 7.80. The van der Waals surface area contributed by atoms with Crippen LogP contribution < -0.4 is 0 Å². The van der Waals surface area contributed by atoms with E-state index in [0.29, 0.717) is 5.92 Å². The summed E-state index contributed by atoms with van der Waals surface area (Å²) in [6, 6.07) is 0. The third-order valence-electron chi connectivity index (χ3n) is 2.51. The molecule has 0 N–H and O–H groups in total. The molecule has 0 atom stereocenters. The molecule has 0 amide bonds. The first-order chi connectivity index (χ1) is 6.90. The fourth-order valence-corrected chi connectivity index (χ4v) is 2.94. The number of nitrogens with zero attached hydrogens (tertiary/aromatic N) is 1. The lowest BCUT2D eigenvalue weighted by Gasteiger charge is -2.19. The van der Waals surface area contributed by atoms with E-state index in [1.807, 2.05) is 0 Å². The summed E-state index contributed by atoms with van der Waals surface area (Å²) in [4.78, 5) is 4.64. The molecular formula is C10H15NOS2. The first-order valence-electron chi connectivity index (χ1n) is 5.03. The summed E-state index contributed by atoms with van der Waals surface area (Å²) in [7, 11) is 0. The topological polar surface area (TPSA) is 22.1 Å². The maximum atomic E-state index is 5.34. The number of rotatable bonds is 3. The third kappa shape index (κ3) is 2.49. The Morgan fingerprint density at radius 3 is 3.00 bits per heavy atom. The van der Waals surface area contributed by atoms with Gasteiger partial charge in [0.1, 0.15) is 0 Å². The van der Waals surface area contributed by atoms with Crippen LogP contribution in [0.3, 0.4) is 0 Å². The maximum Gasteiger partial charge on any atom is 0.0960 e. The van der Waals surface area contributed by atoms with E-state index in [2.05, 4.69) is 23.0 Å². The van der Waals surface area contributed by atoms with Gasteiger partial charge in [-0.1, -0.05) is 0 Å². The van der Waals surface area contributed by atoms with Gasteiger partial charge in [0.15, 0.2) is 0 Å². The number of ether oxygens (including phenoxy) is 1. The van der Waals surface area contributed by atoms with Crippen LogP contribution in [0.1, 0.15) is 29.5 Å². The zero-order valence-electron chi connectivity index (χ0n) is 8.11. The monoisotopic (exact) mass is 229 g/mol. The zero-order valence-corrected chi connectivity index (χ0v) is 9.82. The highest BCUT2D eigenvalue weighted by Crippen LogP contribution is 2.29. The average Bonchev–Trinajstić information content (AvgIpc) is 2.68. The first-order valence-corrected chi connectivity index (χ1v) is 6.54. The van der Waals surface area contributed by atoms with Gasteiger partial charge in [0.2, 0.25) is 0 Å². The van der Waals surface area contributed by atoms with Gasteiger partial charge < -0.3 is 4.74 Å². The lowest BCUT2D eigenvalue weighted by Crippen LogP contribution is -2.13. The highest BCUT2D eigenvalue weighted by atomic mass is 32.1. The molecule has 2 heterocycles. The summed E-state index contributed by atoms with van der Waals surface area (Å²) < 4.78 is 5.34. The average molecular weight is 229 g/mol. The fourth-order valence-electron chi connectivity index (χ4n) is 1.68. The Bertz CT molecular complexity index is 281. The van der Waals surface area contributed by atoms with Crippen molar-refractivity contribution >= 4 is 24.0 Å². The Morgan fingerprint density at radius 2 is 2.29 bits per heavy atom. The van der Waals surface area contributed by atoms with Crippen molar-refractivity contribution in [3.05, 3.63) is 16.1 Å². The molecule has 0 aromatic carbocycles. The molecule has 14 heavy (non-hydrogen) atoms. The molecule has 4 heteroatoms. The minimum absolute atomic E-state index is 0.641. The van der Waals surface area contributed by atoms with Gasteiger partial charge in [0.05, 0.1) is 10.7 Å². The van der Waals surface area contributed by atoms with Crippen LogP contribution in [0.5, 0.6) is 0 Å². The summed E-state index contributed by atoms with van der Waals surface area (Å²) in [6.45, 7) is 1.79. The van der Waals surface area contributed by atoms with E-state index in [9.17, 15) is 0 Å². The van der Waals surface area contributed by atoms with Crippen molar-refractivity contribution in [3.63, 3.8) is 0 Å². The second-order valence-corrected chi connectivity index (χ2v) is 4.87. The summed E-state index contributed by atoms with van der Waals surface area (Å²) in [6.07, 6.45) is 3.25. The van der Waals surface area contributed by atoms with Gasteiger partial charge in [0.25, 0.3) is 0 Å². The van der Waals surface area contributed by atoms with Gasteiger partial charge in [-0.3, -0.25) is 0 Å². The molecule has 0 saturated carbocycles. The maximum absolute atomic E-state index is 5.34. The van der Waals surface area contributed by atoms with Crippen molar-refractivity contribution in [2.75, 3.05) is 19.0 Å². The van der Waals surface area contributed by atoms with Crippen LogP contribution in [-0.4, -0.2) is 24.0 Å². The summed E-state index contributed by atoms with van der Waals surface area (Å²) in [5, 5.41) is 3.46. The minimum atomic E-state index is 0.641. The van der Waals surface area contributed by atoms with Gasteiger partial charge in [-0.2, -0.15) is 12.6 Å². The lowest BCUT2D eigenvalue weighted by atomic mass is 10.0. The predicted octanol–water partition coefficient (Wildman–Crippen LogP) is 2.51. The second-order valence-electron chi connectivity index (χ2n) is 3.54. The SMILES string of the molecule is SCCc1csc(C2CCOCC2)n1. The van der Waals surface area contributed by atoms with Crippen LogP contribution in [0.2, 0.25) is 0 Å². The van der Waals surface area contributed by atoms with Crippen molar-refractivity contribution in [1.29, 1.82) is 0 Å². The van der Waals surface area contributed by atoms with Gasteiger partial charge in [-0.15, -0.1) is 11.3 Å². The lowest BCUT2D eigenvalue weighted by molar-refractivity contribution is 0.0852. The van der Waals surface area contributed by atoms with Crippen molar-refractivity contribution in [1.82, 2.24) is 4.98 Å². The van der Waals surface area contributed by atoms with E-state index in [4.69, 9.17) is 4.74 Å². The minimum Gasteiger partial charge on any atom is -0.381 e. The standard InChI is InChI=1S/C10H15NOS2/c13-6-3-9-7-14-10(11-9)8-1-4-12-5-2-8/h7-8,13H,1-6H2. The van der Waals surface area contributed by atoms with Gasteiger partial charge in [-0.25, -0.2) is 4.98 Å². The van der Waals surface area contributed by atoms with E-state index in [1.165, 1.54) is 10.7 Å². The summed E-state index contributed by atoms with van der Waals surface area (Å²) in [5.74, 6) is 1.53. The van der Waals surface area contributed by atoms with E-state index in [0.717, 1.165) is 38.2 Å². The molecule has 0 aliphatic carbocycles. The quantitative estimate of drug-likeness (QED) is 0.805. The van der Waals surface area contributed by atoms with Crippen LogP contribution in [0, 0.1) is 0 Å². The van der Waals surface area contributed by atoms with Crippen LogP contribution in [0.25, 0.3) is 0 Å². The van der Waals surface area contributed by atoms with Crippen molar-refractivity contribution in [2.24, 2.45) is 0 Å². The van der Waals surface area contributed by atoms with E-state index < -0.39 is 0 Å². The van der Waals surface area contributed by atoms with Gasteiger partial charge in [-0.05, 0) is 25.0 Å². The molecule has 1 aromatic rings. The number of thiol groups is 1. The van der Waals surface area contributed by atoms with Crippen molar-refractivity contribution in [3.8, 4) is 0 Å². The smallest absolute Gasteiger partial charge is 0.0960 e. The molecule has 0 spiro atoms. The Labute approximate surface area is 94.1 Å². The number of thiazole rings is 1. The van der Waals surface area contributed by atoms with Crippen molar-refractivity contribution < 1.29 is 4.74 Å². The molecular weight excluding hydrogens is 214 g/mol. The molecule has 1 aliphatic heterocycles. The number of hydrogen-bond donors (Lipinski definition) is 1. The molecule has 0 bridgehead atoms. The number of aryl methyl sites for hydroxylation is 1. The molecule has 0 unspecified atom stereocenters. The molecule has 0 radical (unpaired) electrons. The molecule has 2 nitrogen and oxygen atoms in total. The zero-order chi connectivity index (χ0) is 9.80. The Morgan fingerprint density at radius 1 is 1.50 bits per heavy atom. The van der Waals surface area contributed by atoms with E-state index in [-0.39, 0.29) is 0 Å². The van der Waals surface area contributed by atoms with Gasteiger partial charge in [0, 0.05) is 24.5 Å². The van der Waals surface area contributed by atoms with Crippen LogP contribution >= 0.6 is 24.0 Å². The number of aromatic nitrogens is 1. The second kappa shape index (κ2) is 5.14. The molecule has 78 valence electrons. The molecule has 1 aromatic heterocycles. The normalized spacial score (nSPS) is 18.6. The molecule has 2 rings (SSSR count). The van der Waals surface area contributed by atoms with E-state index >= 15 is 0 Å². The summed E-state index contributed by atoms with van der Waals surface area (Å²) >= 11 is 6.01. The Hall–Kier alpha value is -0.0600. The Balaban J connectivity index is 2.00. The predicted molar refractivity (Wildman–Crippen MR) is 62.5 cm³/mol. The number of hydrogen-bond acceptors (Lipinski definition) is 4. The summed E-state index contributed by atoms with van der Waals surface area (Å²) in [5.41, 5.74) is 1.20. The van der Waals surface area contributed by atoms with E-state index in [1.54, 1.807) is 11.3 Å². The largest absolute Gasteiger partial charge is 0.381 e. The highest BCUT2D eigenvalue weighted by Gasteiger charge is 2.18. The molecule has 1 saturated heterocycles. The van der Waals surface area contributed by atoms with Crippen molar-refractivity contribution in [2.45, 2.75) is 25.2 Å². The Kier molecular flexibility index (Phi) is 3.84. The first kappa shape index (κ1) is 10.5. The van der Waals surface area contributed by atoms with Gasteiger partial charge >= 0.3 is 0 Å². The van der Waals surface area contributed by atoms with Crippen LogP contribution in [0.4, 0.5) is 0 Å². The molecule has 1 fully saturated rings. The van der Waals surface area contributed by atoms with Crippen LogP contribution in [-0.2, 0) is 11.2 Å². The molecule has 1 aliphatic rings. The third-order valence-corrected chi connectivity index (χ3v) is 3.79. The van der Waals surface area contributed by atoms with Crippen LogP contribution in [0.15, 0.2) is 5.38 Å². The fraction of sp³-hybridized carbons (Fsp3) is 0.700.